The molecule has 0 spiro atoms. The van der Waals surface area contributed by atoms with E-state index in [1.54, 1.807) is 43.0 Å². The predicted octanol–water partition coefficient (Wildman–Crippen LogP) is 0.918. The van der Waals surface area contributed by atoms with E-state index in [2.05, 4.69) is 5.32 Å². The summed E-state index contributed by atoms with van der Waals surface area (Å²) >= 11 is 1.61. The number of carbonyl (C=O) groups is 3. The number of imide groups is 1. The van der Waals surface area contributed by atoms with Crippen molar-refractivity contribution in [3.05, 3.63) is 35.4 Å². The molecule has 1 unspecified atom stereocenters. The van der Waals surface area contributed by atoms with E-state index in [1.807, 2.05) is 6.26 Å². The highest BCUT2D eigenvalue weighted by atomic mass is 32.2. The van der Waals surface area contributed by atoms with Crippen molar-refractivity contribution in [2.24, 2.45) is 0 Å². The van der Waals surface area contributed by atoms with Gasteiger partial charge in [0.15, 0.2) is 0 Å². The molecule has 8 heteroatoms. The van der Waals surface area contributed by atoms with Crippen LogP contribution in [0.15, 0.2) is 24.3 Å². The Labute approximate surface area is 157 Å². The second-order valence-corrected chi connectivity index (χ2v) is 6.90. The third-order valence-corrected chi connectivity index (χ3v) is 4.70. The van der Waals surface area contributed by atoms with E-state index < -0.39 is 24.0 Å². The van der Waals surface area contributed by atoms with Crippen LogP contribution >= 0.6 is 11.8 Å². The van der Waals surface area contributed by atoms with Crippen LogP contribution in [-0.2, 0) is 9.53 Å². The van der Waals surface area contributed by atoms with Crippen LogP contribution in [0.2, 0.25) is 0 Å². The van der Waals surface area contributed by atoms with Crippen LogP contribution in [0, 0.1) is 0 Å². The normalized spacial score (nSPS) is 15.7. The summed E-state index contributed by atoms with van der Waals surface area (Å²) in [5, 5.41) is 13.2. The van der Waals surface area contributed by atoms with Crippen LogP contribution in [0.5, 0.6) is 0 Å². The lowest BCUT2D eigenvalue weighted by atomic mass is 10.1. The Hall–Kier alpha value is -1.90. The smallest absolute Gasteiger partial charge is 0.323 e. The summed E-state index contributed by atoms with van der Waals surface area (Å²) in [5.74, 6) is -0.414. The Morgan fingerprint density at radius 3 is 2.42 bits per heavy atom. The van der Waals surface area contributed by atoms with Crippen LogP contribution in [0.1, 0.15) is 34.1 Å². The molecule has 0 aliphatic carbocycles. The lowest BCUT2D eigenvalue weighted by Gasteiger charge is -2.22. The van der Waals surface area contributed by atoms with Gasteiger partial charge in [-0.2, -0.15) is 11.8 Å². The van der Waals surface area contributed by atoms with Crippen LogP contribution in [0.3, 0.4) is 0 Å². The lowest BCUT2D eigenvalue weighted by molar-refractivity contribution is -0.145. The number of thioether (sulfide) groups is 1. The fraction of sp³-hybridized carbons (Fsp3) is 0.500. The average molecular weight is 380 g/mol. The average Bonchev–Trinajstić information content (AvgIpc) is 2.87. The first kappa shape index (κ1) is 20.4. The van der Waals surface area contributed by atoms with Crippen molar-refractivity contribution in [1.82, 2.24) is 10.2 Å². The largest absolute Gasteiger partial charge is 0.465 e. The number of ether oxygens (including phenoxy) is 1. The van der Waals surface area contributed by atoms with Crippen molar-refractivity contribution < 1.29 is 24.2 Å². The summed E-state index contributed by atoms with van der Waals surface area (Å²) < 4.78 is 5.03. The molecule has 1 aliphatic rings. The molecule has 0 radical (unpaired) electrons. The number of fused-ring (bicyclic) bond motifs is 1. The summed E-state index contributed by atoms with van der Waals surface area (Å²) in [4.78, 5) is 37.6. The summed E-state index contributed by atoms with van der Waals surface area (Å²) in [6.45, 7) is 1.97. The van der Waals surface area contributed by atoms with E-state index in [0.717, 1.165) is 10.7 Å². The molecule has 1 aromatic carbocycles. The molecule has 2 N–H and O–H groups in total. The monoisotopic (exact) mass is 380 g/mol. The number of hydrogen-bond acceptors (Lipinski definition) is 7. The zero-order valence-corrected chi connectivity index (χ0v) is 15.8. The van der Waals surface area contributed by atoms with Crippen LogP contribution < -0.4 is 5.32 Å². The van der Waals surface area contributed by atoms with Gasteiger partial charge in [-0.15, -0.1) is 0 Å². The summed E-state index contributed by atoms with van der Waals surface area (Å²) in [6, 6.07) is 6.06. The number of benzene rings is 1. The number of hydrogen-bond donors (Lipinski definition) is 2. The molecule has 1 aliphatic heterocycles. The van der Waals surface area contributed by atoms with E-state index in [0.29, 0.717) is 17.5 Å². The van der Waals surface area contributed by atoms with Crippen LogP contribution in [-0.4, -0.2) is 71.6 Å². The first-order valence-corrected chi connectivity index (χ1v) is 9.91. The fourth-order valence-corrected chi connectivity index (χ4v) is 3.21. The minimum atomic E-state index is -0.983. The number of aliphatic hydroxyl groups is 1. The number of nitrogens with zero attached hydrogens (tertiary/aromatic N) is 1. The van der Waals surface area contributed by atoms with E-state index in [4.69, 9.17) is 4.74 Å². The lowest BCUT2D eigenvalue weighted by Crippen LogP contribution is -2.46. The molecule has 0 bridgehead atoms. The van der Waals surface area contributed by atoms with Crippen LogP contribution in [0.4, 0.5) is 0 Å². The van der Waals surface area contributed by atoms with E-state index >= 15 is 0 Å². The molecule has 0 saturated heterocycles. The van der Waals surface area contributed by atoms with E-state index in [-0.39, 0.29) is 25.7 Å². The number of carbonyl (C=O) groups excluding carboxylic acids is 3. The van der Waals surface area contributed by atoms with Gasteiger partial charge in [0.25, 0.3) is 11.8 Å². The predicted molar refractivity (Wildman–Crippen MR) is 99.2 cm³/mol. The first-order chi connectivity index (χ1) is 12.5. The molecule has 7 nitrogen and oxygen atoms in total. The summed E-state index contributed by atoms with van der Waals surface area (Å²) in [6.07, 6.45) is 1.53. The minimum Gasteiger partial charge on any atom is -0.465 e. The van der Waals surface area contributed by atoms with Gasteiger partial charge < -0.3 is 15.2 Å². The van der Waals surface area contributed by atoms with Crippen LogP contribution in [0.25, 0.3) is 0 Å². The second-order valence-electron chi connectivity index (χ2n) is 5.91. The molecule has 1 heterocycles. The number of rotatable bonds is 10. The quantitative estimate of drug-likeness (QED) is 0.460. The van der Waals surface area contributed by atoms with Gasteiger partial charge in [-0.1, -0.05) is 12.1 Å². The fourth-order valence-electron chi connectivity index (χ4n) is 2.74. The zero-order chi connectivity index (χ0) is 19.1. The van der Waals surface area contributed by atoms with Crippen molar-refractivity contribution in [3.8, 4) is 0 Å². The van der Waals surface area contributed by atoms with Gasteiger partial charge in [0.05, 0.1) is 30.4 Å². The van der Waals surface area contributed by atoms with Gasteiger partial charge in [-0.25, -0.2) is 0 Å². The Bertz CT molecular complexity index is 632. The number of β-amino-alcohol motifs (C(OH)–C–C–N with tert-alkyl or cyclic N) is 1. The van der Waals surface area contributed by atoms with Gasteiger partial charge in [-0.05, 0) is 37.5 Å². The van der Waals surface area contributed by atoms with Gasteiger partial charge in [0.2, 0.25) is 0 Å². The highest BCUT2D eigenvalue weighted by Gasteiger charge is 2.36. The number of esters is 1. The maximum atomic E-state index is 12.3. The number of nitrogens with one attached hydrogen (secondary N) is 1. The maximum Gasteiger partial charge on any atom is 0.323 e. The molecule has 0 fully saturated rings. The molecule has 1 aromatic rings. The molecule has 0 saturated carbocycles. The number of aliphatic hydroxyl groups excluding tert-OH is 1. The second kappa shape index (κ2) is 9.70. The Balaban J connectivity index is 1.91. The molecule has 2 atom stereocenters. The van der Waals surface area contributed by atoms with Gasteiger partial charge >= 0.3 is 5.97 Å². The van der Waals surface area contributed by atoms with Crippen molar-refractivity contribution in [2.75, 3.05) is 31.7 Å². The van der Waals surface area contributed by atoms with Gasteiger partial charge in [0.1, 0.15) is 6.04 Å². The zero-order valence-electron chi connectivity index (χ0n) is 14.9. The van der Waals surface area contributed by atoms with Crippen molar-refractivity contribution in [1.29, 1.82) is 0 Å². The van der Waals surface area contributed by atoms with E-state index in [1.165, 1.54) is 0 Å². The standard InChI is InChI=1S/C18H24N2O5S/c1-3-25-18(24)15(8-9-26-2)19-10-12(21)11-20-16(22)13-6-4-5-7-14(13)17(20)23/h4-7,12,15,19,21H,3,8-11H2,1-2H3/t12?,15-/m0/s1. The van der Waals surface area contributed by atoms with Crippen molar-refractivity contribution in [2.45, 2.75) is 25.5 Å². The SMILES string of the molecule is CCOC(=O)[C@H](CCSC)NCC(O)CN1C(=O)c2ccccc2C1=O. The summed E-state index contributed by atoms with van der Waals surface area (Å²) in [7, 11) is 0. The molecule has 0 aromatic heterocycles. The van der Waals surface area contributed by atoms with Gasteiger partial charge in [-0.3, -0.25) is 19.3 Å². The van der Waals surface area contributed by atoms with E-state index in [9.17, 15) is 19.5 Å². The maximum absolute atomic E-state index is 12.3. The molecule has 2 amide bonds. The Morgan fingerprint density at radius 2 is 1.88 bits per heavy atom. The van der Waals surface area contributed by atoms with Gasteiger partial charge in [0, 0.05) is 6.54 Å². The van der Waals surface area contributed by atoms with Crippen molar-refractivity contribution >= 4 is 29.5 Å². The Morgan fingerprint density at radius 1 is 1.27 bits per heavy atom. The third-order valence-electron chi connectivity index (χ3n) is 4.05. The molecular weight excluding hydrogens is 356 g/mol. The first-order valence-electron chi connectivity index (χ1n) is 8.51. The molecule has 142 valence electrons. The summed E-state index contributed by atoms with van der Waals surface area (Å²) in [5.41, 5.74) is 0.698. The Kier molecular flexibility index (Phi) is 7.62. The molecular formula is C18H24N2O5S. The highest BCUT2D eigenvalue weighted by molar-refractivity contribution is 7.98. The van der Waals surface area contributed by atoms with Crippen molar-refractivity contribution in [3.63, 3.8) is 0 Å². The minimum absolute atomic E-state index is 0.0747. The molecule has 2 rings (SSSR count). The topological polar surface area (TPSA) is 95.9 Å². The molecule has 26 heavy (non-hydrogen) atoms. The third kappa shape index (κ3) is 4.84. The number of amides is 2. The highest BCUT2D eigenvalue weighted by Crippen LogP contribution is 2.22.